The van der Waals surface area contributed by atoms with E-state index >= 15 is 0 Å². The first-order valence-corrected chi connectivity index (χ1v) is 7.92. The van der Waals surface area contributed by atoms with Gasteiger partial charge in [-0.3, -0.25) is 4.79 Å². The van der Waals surface area contributed by atoms with E-state index in [1.165, 1.54) is 11.3 Å². The number of nitrogens with one attached hydrogen (secondary N) is 1. The van der Waals surface area contributed by atoms with Crippen LogP contribution in [0.1, 0.15) is 15.2 Å². The predicted molar refractivity (Wildman–Crippen MR) is 92.5 cm³/mol. The number of carbonyl (C=O) groups is 1. The molecular weight excluding hydrogens is 318 g/mol. The normalized spacial score (nSPS) is 10.7. The second-order valence-corrected chi connectivity index (χ2v) is 6.31. The molecule has 0 saturated carbocycles. The molecule has 1 amide bonds. The van der Waals surface area contributed by atoms with Gasteiger partial charge in [0.15, 0.2) is 0 Å². The van der Waals surface area contributed by atoms with Gasteiger partial charge >= 0.3 is 0 Å². The van der Waals surface area contributed by atoms with Crippen LogP contribution in [-0.2, 0) is 0 Å². The lowest BCUT2D eigenvalue weighted by atomic mass is 10.1. The van der Waals surface area contributed by atoms with Gasteiger partial charge in [-0.05, 0) is 30.7 Å². The highest BCUT2D eigenvalue weighted by atomic mass is 35.5. The molecule has 0 atom stereocenters. The average Bonchev–Trinajstić information content (AvgIpc) is 2.86. The Labute approximate surface area is 137 Å². The van der Waals surface area contributed by atoms with Crippen LogP contribution in [0.15, 0.2) is 42.5 Å². The van der Waals surface area contributed by atoms with E-state index in [1.807, 2.05) is 43.3 Å². The summed E-state index contributed by atoms with van der Waals surface area (Å²) < 4.78 is 6.17. The topological polar surface area (TPSA) is 38.3 Å². The number of carbonyl (C=O) groups excluding carboxylic acids is 1. The zero-order valence-corrected chi connectivity index (χ0v) is 13.7. The number of benzene rings is 2. The Morgan fingerprint density at radius 3 is 2.73 bits per heavy atom. The molecule has 0 aliphatic carbocycles. The minimum Gasteiger partial charge on any atom is -0.497 e. The summed E-state index contributed by atoms with van der Waals surface area (Å²) in [6, 6.07) is 13.2. The summed E-state index contributed by atoms with van der Waals surface area (Å²) in [7, 11) is 1.59. The fourth-order valence-corrected chi connectivity index (χ4v) is 3.89. The maximum atomic E-state index is 12.5. The third-order valence-corrected chi connectivity index (χ3v) is 5.04. The van der Waals surface area contributed by atoms with E-state index in [0.29, 0.717) is 21.3 Å². The number of aryl methyl sites for hydroxylation is 1. The molecule has 0 saturated heterocycles. The smallest absolute Gasteiger partial charge is 0.267 e. The summed E-state index contributed by atoms with van der Waals surface area (Å²) in [6.07, 6.45) is 0. The highest BCUT2D eigenvalue weighted by molar-refractivity contribution is 7.21. The first-order valence-electron chi connectivity index (χ1n) is 6.73. The Balaban J connectivity index is 1.95. The van der Waals surface area contributed by atoms with Crippen molar-refractivity contribution in [1.29, 1.82) is 0 Å². The van der Waals surface area contributed by atoms with Crippen LogP contribution >= 0.6 is 22.9 Å². The average molecular weight is 332 g/mol. The largest absolute Gasteiger partial charge is 0.497 e. The van der Waals surface area contributed by atoms with Crippen LogP contribution in [0.4, 0.5) is 5.69 Å². The van der Waals surface area contributed by atoms with Crippen molar-refractivity contribution in [3.05, 3.63) is 57.9 Å². The molecule has 1 N–H and O–H groups in total. The van der Waals surface area contributed by atoms with Crippen molar-refractivity contribution in [2.45, 2.75) is 6.92 Å². The van der Waals surface area contributed by atoms with Crippen LogP contribution in [0, 0.1) is 6.92 Å². The van der Waals surface area contributed by atoms with Gasteiger partial charge < -0.3 is 10.1 Å². The molecule has 0 unspecified atom stereocenters. The molecule has 0 aliphatic heterocycles. The molecule has 1 aromatic heterocycles. The number of amides is 1. The van der Waals surface area contributed by atoms with Crippen molar-refractivity contribution in [3.8, 4) is 5.75 Å². The van der Waals surface area contributed by atoms with Crippen LogP contribution in [0.3, 0.4) is 0 Å². The lowest BCUT2D eigenvalue weighted by molar-refractivity contribution is 0.103. The molecule has 3 rings (SSSR count). The third-order valence-electron chi connectivity index (χ3n) is 3.40. The summed E-state index contributed by atoms with van der Waals surface area (Å²) in [5.41, 5.74) is 1.74. The molecule has 3 nitrogen and oxygen atoms in total. The standard InChI is InChI=1S/C17H14ClNO2S/c1-10-5-3-8-13-14(10)15(18)16(22-13)17(20)19-11-6-4-7-12(9-11)21-2/h3-9H,1-2H3,(H,19,20). The van der Waals surface area contributed by atoms with Gasteiger partial charge in [0.25, 0.3) is 5.91 Å². The molecule has 0 bridgehead atoms. The quantitative estimate of drug-likeness (QED) is 0.723. The minimum absolute atomic E-state index is 0.209. The molecule has 112 valence electrons. The molecule has 0 fully saturated rings. The van der Waals surface area contributed by atoms with Gasteiger partial charge in [-0.2, -0.15) is 0 Å². The predicted octanol–water partition coefficient (Wildman–Crippen LogP) is 5.12. The first kappa shape index (κ1) is 14.9. The van der Waals surface area contributed by atoms with Crippen LogP contribution in [-0.4, -0.2) is 13.0 Å². The van der Waals surface area contributed by atoms with Crippen molar-refractivity contribution >= 4 is 44.6 Å². The second-order valence-electron chi connectivity index (χ2n) is 4.88. The summed E-state index contributed by atoms with van der Waals surface area (Å²) in [5.74, 6) is 0.481. The number of methoxy groups -OCH3 is 1. The molecule has 0 spiro atoms. The van der Waals surface area contributed by atoms with Crippen molar-refractivity contribution in [2.24, 2.45) is 0 Å². The highest BCUT2D eigenvalue weighted by Crippen LogP contribution is 2.37. The summed E-state index contributed by atoms with van der Waals surface area (Å²) in [4.78, 5) is 13.0. The van der Waals surface area contributed by atoms with Crippen molar-refractivity contribution in [3.63, 3.8) is 0 Å². The zero-order chi connectivity index (χ0) is 15.7. The highest BCUT2D eigenvalue weighted by Gasteiger charge is 2.18. The van der Waals surface area contributed by atoms with E-state index in [4.69, 9.17) is 16.3 Å². The van der Waals surface area contributed by atoms with Crippen molar-refractivity contribution in [1.82, 2.24) is 0 Å². The molecule has 0 radical (unpaired) electrons. The van der Waals surface area contributed by atoms with Gasteiger partial charge in [0, 0.05) is 21.8 Å². The monoisotopic (exact) mass is 331 g/mol. The second kappa shape index (κ2) is 5.99. The summed E-state index contributed by atoms with van der Waals surface area (Å²) in [5, 5.41) is 4.32. The number of fused-ring (bicyclic) bond motifs is 1. The summed E-state index contributed by atoms with van der Waals surface area (Å²) >= 11 is 7.81. The fourth-order valence-electron chi connectivity index (χ4n) is 2.31. The molecular formula is C17H14ClNO2S. The fraction of sp³-hybridized carbons (Fsp3) is 0.118. The molecule has 0 aliphatic rings. The molecule has 2 aromatic carbocycles. The number of halogens is 1. The minimum atomic E-state index is -0.209. The number of anilines is 1. The molecule has 1 heterocycles. The van der Waals surface area contributed by atoms with Gasteiger partial charge in [-0.15, -0.1) is 11.3 Å². The number of hydrogen-bond donors (Lipinski definition) is 1. The number of rotatable bonds is 3. The van der Waals surface area contributed by atoms with E-state index in [0.717, 1.165) is 15.6 Å². The van der Waals surface area contributed by atoms with Crippen LogP contribution in [0.5, 0.6) is 5.75 Å². The van der Waals surface area contributed by atoms with Gasteiger partial charge in [0.05, 0.1) is 12.1 Å². The van der Waals surface area contributed by atoms with Gasteiger partial charge in [-0.25, -0.2) is 0 Å². The van der Waals surface area contributed by atoms with Crippen molar-refractivity contribution in [2.75, 3.05) is 12.4 Å². The summed E-state index contributed by atoms with van der Waals surface area (Å²) in [6.45, 7) is 1.99. The molecule has 3 aromatic rings. The van der Waals surface area contributed by atoms with Gasteiger partial charge in [0.1, 0.15) is 10.6 Å². The lowest BCUT2D eigenvalue weighted by Crippen LogP contribution is -2.10. The number of ether oxygens (including phenoxy) is 1. The maximum Gasteiger partial charge on any atom is 0.267 e. The van der Waals surface area contributed by atoms with E-state index in [1.54, 1.807) is 13.2 Å². The Morgan fingerprint density at radius 2 is 2.00 bits per heavy atom. The Morgan fingerprint density at radius 1 is 1.23 bits per heavy atom. The van der Waals surface area contributed by atoms with E-state index in [9.17, 15) is 4.79 Å². The van der Waals surface area contributed by atoms with E-state index in [2.05, 4.69) is 5.32 Å². The lowest BCUT2D eigenvalue weighted by Gasteiger charge is -2.06. The molecule has 22 heavy (non-hydrogen) atoms. The van der Waals surface area contributed by atoms with Crippen molar-refractivity contribution < 1.29 is 9.53 Å². The van der Waals surface area contributed by atoms with E-state index in [-0.39, 0.29) is 5.91 Å². The SMILES string of the molecule is COc1cccc(NC(=O)c2sc3cccc(C)c3c2Cl)c1. The first-order chi connectivity index (χ1) is 10.6. The third kappa shape index (κ3) is 2.67. The van der Waals surface area contributed by atoms with Crippen LogP contribution < -0.4 is 10.1 Å². The Bertz CT molecular complexity index is 857. The number of thiophene rings is 1. The Kier molecular flexibility index (Phi) is 4.05. The van der Waals surface area contributed by atoms with Gasteiger partial charge in [-0.1, -0.05) is 29.8 Å². The molecule has 5 heteroatoms. The van der Waals surface area contributed by atoms with Crippen LogP contribution in [0.25, 0.3) is 10.1 Å². The zero-order valence-electron chi connectivity index (χ0n) is 12.1. The Hall–Kier alpha value is -2.04. The maximum absolute atomic E-state index is 12.5. The van der Waals surface area contributed by atoms with E-state index < -0.39 is 0 Å². The van der Waals surface area contributed by atoms with Gasteiger partial charge in [0.2, 0.25) is 0 Å². The van der Waals surface area contributed by atoms with Crippen LogP contribution in [0.2, 0.25) is 5.02 Å². The number of hydrogen-bond acceptors (Lipinski definition) is 3.